The number of nitrogens with one attached hydrogen (secondary N) is 1. The van der Waals surface area contributed by atoms with Crippen molar-refractivity contribution in [3.05, 3.63) is 29.3 Å². The fourth-order valence-corrected chi connectivity index (χ4v) is 5.09. The zero-order valence-corrected chi connectivity index (χ0v) is 18.6. The van der Waals surface area contributed by atoms with Crippen LogP contribution in [0, 0.1) is 12.8 Å². The summed E-state index contributed by atoms with van der Waals surface area (Å²) in [7, 11) is -3.42. The number of hydrogen-bond acceptors (Lipinski definition) is 3. The van der Waals surface area contributed by atoms with E-state index in [9.17, 15) is 13.2 Å². The lowest BCUT2D eigenvalue weighted by Crippen LogP contribution is -2.34. The number of amides is 1. The van der Waals surface area contributed by atoms with Gasteiger partial charge in [0, 0.05) is 19.5 Å². The molecule has 0 bridgehead atoms. The van der Waals surface area contributed by atoms with Crippen LogP contribution in [-0.4, -0.2) is 33.7 Å². The first-order valence-corrected chi connectivity index (χ1v) is 12.4. The van der Waals surface area contributed by atoms with Gasteiger partial charge in [-0.2, -0.15) is 0 Å². The molecule has 0 atom stereocenters. The predicted octanol–water partition coefficient (Wildman–Crippen LogP) is 4.36. The molecular formula is C22H36N2O3S. The van der Waals surface area contributed by atoms with E-state index in [1.807, 2.05) is 25.1 Å². The molecule has 1 aliphatic rings. The van der Waals surface area contributed by atoms with Crippen LogP contribution in [0.15, 0.2) is 18.2 Å². The Morgan fingerprint density at radius 1 is 1.21 bits per heavy atom. The minimum Gasteiger partial charge on any atom is -0.356 e. The molecule has 0 aliphatic heterocycles. The molecule has 2 rings (SSSR count). The number of benzene rings is 1. The molecule has 0 aromatic heterocycles. The Bertz CT molecular complexity index is 753. The number of sulfonamides is 1. The average molecular weight is 409 g/mol. The Kier molecular flexibility index (Phi) is 8.35. The van der Waals surface area contributed by atoms with Gasteiger partial charge in [0.05, 0.1) is 11.9 Å². The van der Waals surface area contributed by atoms with Crippen molar-refractivity contribution in [2.75, 3.05) is 23.7 Å². The second-order valence-electron chi connectivity index (χ2n) is 8.41. The molecule has 1 N–H and O–H groups in total. The Labute approximate surface area is 170 Å². The van der Waals surface area contributed by atoms with E-state index in [1.165, 1.54) is 42.7 Å². The van der Waals surface area contributed by atoms with Crippen LogP contribution in [0.25, 0.3) is 0 Å². The summed E-state index contributed by atoms with van der Waals surface area (Å²) in [6.07, 6.45) is 8.34. The van der Waals surface area contributed by atoms with Crippen molar-refractivity contribution in [2.24, 2.45) is 5.92 Å². The monoisotopic (exact) mass is 408 g/mol. The van der Waals surface area contributed by atoms with Gasteiger partial charge < -0.3 is 5.32 Å². The van der Waals surface area contributed by atoms with Crippen molar-refractivity contribution in [3.8, 4) is 0 Å². The number of rotatable bonds is 9. The first kappa shape index (κ1) is 22.7. The highest BCUT2D eigenvalue weighted by molar-refractivity contribution is 7.92. The molecule has 0 unspecified atom stereocenters. The number of carbonyl (C=O) groups excluding carboxylic acids is 1. The molecule has 1 aliphatic carbocycles. The molecule has 6 heteroatoms. The Morgan fingerprint density at radius 2 is 1.89 bits per heavy atom. The third-order valence-electron chi connectivity index (χ3n) is 5.62. The van der Waals surface area contributed by atoms with Gasteiger partial charge in [0.2, 0.25) is 15.9 Å². The van der Waals surface area contributed by atoms with Crippen molar-refractivity contribution in [1.29, 1.82) is 0 Å². The summed E-state index contributed by atoms with van der Waals surface area (Å²) in [5, 5.41) is 3.04. The summed E-state index contributed by atoms with van der Waals surface area (Å²) in [6.45, 7) is 7.15. The molecule has 1 amide bonds. The fourth-order valence-electron chi connectivity index (χ4n) is 4.05. The number of nitrogens with zero attached hydrogens (tertiary/aromatic N) is 1. The largest absolute Gasteiger partial charge is 0.356 e. The first-order valence-electron chi connectivity index (χ1n) is 10.5. The van der Waals surface area contributed by atoms with Crippen molar-refractivity contribution in [2.45, 2.75) is 71.6 Å². The van der Waals surface area contributed by atoms with Crippen molar-refractivity contribution >= 4 is 21.6 Å². The van der Waals surface area contributed by atoms with E-state index in [4.69, 9.17) is 0 Å². The molecule has 5 nitrogen and oxygen atoms in total. The van der Waals surface area contributed by atoms with E-state index in [1.54, 1.807) is 0 Å². The van der Waals surface area contributed by atoms with Crippen LogP contribution in [0.3, 0.4) is 0 Å². The van der Waals surface area contributed by atoms with E-state index in [0.29, 0.717) is 25.3 Å². The summed E-state index contributed by atoms with van der Waals surface area (Å²) in [6, 6.07) is 5.89. The number of hydrogen-bond donors (Lipinski definition) is 1. The lowest BCUT2D eigenvalue weighted by molar-refractivity contribution is -0.121. The van der Waals surface area contributed by atoms with Gasteiger partial charge in [-0.05, 0) is 49.1 Å². The molecule has 1 fully saturated rings. The summed E-state index contributed by atoms with van der Waals surface area (Å²) in [5.74, 6) is 0.844. The Morgan fingerprint density at radius 3 is 2.50 bits per heavy atom. The second kappa shape index (κ2) is 10.3. The van der Waals surface area contributed by atoms with Gasteiger partial charge in [-0.1, -0.05) is 51.3 Å². The van der Waals surface area contributed by atoms with E-state index in [0.717, 1.165) is 23.4 Å². The van der Waals surface area contributed by atoms with E-state index in [-0.39, 0.29) is 11.8 Å². The quantitative estimate of drug-likeness (QED) is 0.660. The lowest BCUT2D eigenvalue weighted by atomic mass is 9.89. The fraction of sp³-hybridized carbons (Fsp3) is 0.682. The van der Waals surface area contributed by atoms with Gasteiger partial charge in [-0.15, -0.1) is 0 Å². The van der Waals surface area contributed by atoms with Crippen LogP contribution in [0.2, 0.25) is 0 Å². The molecule has 1 saturated carbocycles. The average Bonchev–Trinajstić information content (AvgIpc) is 2.63. The summed E-state index contributed by atoms with van der Waals surface area (Å²) in [4.78, 5) is 12.2. The standard InChI is InChI=1S/C22H36N2O3S/c1-17(2)20-13-8-10-18(3)22(20)24(28(4,26)27)15-9-14-21(25)23-16-19-11-6-5-7-12-19/h8,10,13,17,19H,5-7,9,11-12,14-16H2,1-4H3,(H,23,25). The highest BCUT2D eigenvalue weighted by atomic mass is 32.2. The smallest absolute Gasteiger partial charge is 0.232 e. The molecular weight excluding hydrogens is 372 g/mol. The van der Waals surface area contributed by atoms with E-state index < -0.39 is 10.0 Å². The normalized spacial score (nSPS) is 15.6. The second-order valence-corrected chi connectivity index (χ2v) is 10.3. The Hall–Kier alpha value is -1.56. The zero-order chi connectivity index (χ0) is 20.7. The van der Waals surface area contributed by atoms with Gasteiger partial charge in [0.15, 0.2) is 0 Å². The predicted molar refractivity (Wildman–Crippen MR) is 116 cm³/mol. The van der Waals surface area contributed by atoms with E-state index in [2.05, 4.69) is 19.2 Å². The minimum atomic E-state index is -3.42. The molecule has 1 aromatic carbocycles. The SMILES string of the molecule is Cc1cccc(C(C)C)c1N(CCCC(=O)NCC1CCCCC1)S(C)(=O)=O. The van der Waals surface area contributed by atoms with Crippen molar-refractivity contribution in [1.82, 2.24) is 5.32 Å². The molecule has 0 radical (unpaired) electrons. The zero-order valence-electron chi connectivity index (χ0n) is 17.8. The molecule has 0 spiro atoms. The number of anilines is 1. The number of aryl methyl sites for hydroxylation is 1. The van der Waals surface area contributed by atoms with Crippen molar-refractivity contribution in [3.63, 3.8) is 0 Å². The maximum Gasteiger partial charge on any atom is 0.232 e. The van der Waals surface area contributed by atoms with Crippen LogP contribution < -0.4 is 9.62 Å². The highest BCUT2D eigenvalue weighted by Crippen LogP contribution is 2.32. The van der Waals surface area contributed by atoms with Gasteiger partial charge in [0.25, 0.3) is 0 Å². The summed E-state index contributed by atoms with van der Waals surface area (Å²) < 4.78 is 26.5. The van der Waals surface area contributed by atoms with Gasteiger partial charge in [-0.3, -0.25) is 9.10 Å². The van der Waals surface area contributed by atoms with Crippen LogP contribution >= 0.6 is 0 Å². The molecule has 158 valence electrons. The molecule has 1 aromatic rings. The maximum atomic E-state index is 12.5. The van der Waals surface area contributed by atoms with Crippen LogP contribution in [0.1, 0.15) is 75.8 Å². The summed E-state index contributed by atoms with van der Waals surface area (Å²) in [5.41, 5.74) is 2.73. The Balaban J connectivity index is 1.98. The van der Waals surface area contributed by atoms with Gasteiger partial charge in [-0.25, -0.2) is 8.42 Å². The maximum absolute atomic E-state index is 12.5. The highest BCUT2D eigenvalue weighted by Gasteiger charge is 2.23. The number of carbonyl (C=O) groups is 1. The number of para-hydroxylation sites is 1. The van der Waals surface area contributed by atoms with Crippen LogP contribution in [0.5, 0.6) is 0 Å². The third kappa shape index (κ3) is 6.50. The van der Waals surface area contributed by atoms with E-state index >= 15 is 0 Å². The third-order valence-corrected chi connectivity index (χ3v) is 6.78. The topological polar surface area (TPSA) is 66.5 Å². The molecule has 28 heavy (non-hydrogen) atoms. The van der Waals surface area contributed by atoms with Crippen molar-refractivity contribution < 1.29 is 13.2 Å². The van der Waals surface area contributed by atoms with Crippen LogP contribution in [-0.2, 0) is 14.8 Å². The van der Waals surface area contributed by atoms with Crippen LogP contribution in [0.4, 0.5) is 5.69 Å². The molecule has 0 saturated heterocycles. The van der Waals surface area contributed by atoms with Gasteiger partial charge in [0.1, 0.15) is 0 Å². The summed E-state index contributed by atoms with van der Waals surface area (Å²) >= 11 is 0. The first-order chi connectivity index (χ1) is 13.2. The minimum absolute atomic E-state index is 0.0212. The van der Waals surface area contributed by atoms with Gasteiger partial charge >= 0.3 is 0 Å². The lowest BCUT2D eigenvalue weighted by Gasteiger charge is -2.28. The molecule has 0 heterocycles.